The SMILES string of the molecule is CNC(=S)N1CCN(C(=O)[C@@H](Cc2ccccc2)NC(C)=O)CC1. The summed E-state index contributed by atoms with van der Waals surface area (Å²) in [7, 11) is 1.80. The molecule has 0 bridgehead atoms. The van der Waals surface area contributed by atoms with Crippen molar-refractivity contribution in [3.63, 3.8) is 0 Å². The standard InChI is InChI=1S/C17H24N4O2S/c1-13(22)19-15(12-14-6-4-3-5-7-14)16(23)20-8-10-21(11-9-20)17(24)18-2/h3-7,15H,8-12H2,1-2H3,(H,18,24)(H,19,22)/t15-/m1/s1. The van der Waals surface area contributed by atoms with Crippen LogP contribution in [-0.2, 0) is 16.0 Å². The molecule has 1 atom stereocenters. The van der Waals surface area contributed by atoms with Gasteiger partial charge in [0.1, 0.15) is 6.04 Å². The van der Waals surface area contributed by atoms with Crippen LogP contribution in [-0.4, -0.2) is 66.0 Å². The van der Waals surface area contributed by atoms with Crippen molar-refractivity contribution in [2.24, 2.45) is 0 Å². The Hall–Kier alpha value is -2.15. The van der Waals surface area contributed by atoms with E-state index in [-0.39, 0.29) is 11.8 Å². The lowest BCUT2D eigenvalue weighted by molar-refractivity contribution is -0.137. The van der Waals surface area contributed by atoms with Gasteiger partial charge in [-0.2, -0.15) is 0 Å². The molecular weight excluding hydrogens is 324 g/mol. The molecule has 0 spiro atoms. The van der Waals surface area contributed by atoms with Crippen LogP contribution in [0.1, 0.15) is 12.5 Å². The van der Waals surface area contributed by atoms with Gasteiger partial charge in [0.15, 0.2) is 5.11 Å². The summed E-state index contributed by atoms with van der Waals surface area (Å²) in [5, 5.41) is 6.44. The van der Waals surface area contributed by atoms with Crippen LogP contribution < -0.4 is 10.6 Å². The van der Waals surface area contributed by atoms with E-state index in [1.807, 2.05) is 35.2 Å². The molecule has 0 aromatic heterocycles. The third-order valence-electron chi connectivity index (χ3n) is 4.05. The number of carbonyl (C=O) groups excluding carboxylic acids is 2. The molecule has 2 rings (SSSR count). The summed E-state index contributed by atoms with van der Waals surface area (Å²) in [6, 6.07) is 9.19. The molecule has 0 saturated carbocycles. The molecule has 0 radical (unpaired) electrons. The Morgan fingerprint density at radius 3 is 2.25 bits per heavy atom. The Balaban J connectivity index is 2.00. The summed E-state index contributed by atoms with van der Waals surface area (Å²) in [6.45, 7) is 4.04. The van der Waals surface area contributed by atoms with Crippen molar-refractivity contribution < 1.29 is 9.59 Å². The zero-order chi connectivity index (χ0) is 17.5. The maximum atomic E-state index is 12.8. The van der Waals surface area contributed by atoms with Crippen LogP contribution in [0, 0.1) is 0 Å². The van der Waals surface area contributed by atoms with Crippen LogP contribution in [0.3, 0.4) is 0 Å². The molecule has 1 heterocycles. The van der Waals surface area contributed by atoms with E-state index < -0.39 is 6.04 Å². The minimum Gasteiger partial charge on any atom is -0.366 e. The summed E-state index contributed by atoms with van der Waals surface area (Å²) < 4.78 is 0. The Kier molecular flexibility index (Phi) is 6.54. The van der Waals surface area contributed by atoms with E-state index >= 15 is 0 Å². The number of nitrogens with one attached hydrogen (secondary N) is 2. The first-order valence-corrected chi connectivity index (χ1v) is 8.48. The molecule has 24 heavy (non-hydrogen) atoms. The summed E-state index contributed by atoms with van der Waals surface area (Å²) in [6.07, 6.45) is 0.494. The minimum atomic E-state index is -0.535. The Labute approximate surface area is 148 Å². The van der Waals surface area contributed by atoms with E-state index in [0.29, 0.717) is 37.7 Å². The molecule has 1 fully saturated rings. The minimum absolute atomic E-state index is 0.0379. The van der Waals surface area contributed by atoms with Crippen LogP contribution >= 0.6 is 12.2 Å². The van der Waals surface area contributed by atoms with Gasteiger partial charge in [0.05, 0.1) is 0 Å². The van der Waals surface area contributed by atoms with Gasteiger partial charge < -0.3 is 20.4 Å². The summed E-state index contributed by atoms with van der Waals surface area (Å²) >= 11 is 5.23. The van der Waals surface area contributed by atoms with Crippen molar-refractivity contribution in [1.29, 1.82) is 0 Å². The lowest BCUT2D eigenvalue weighted by Crippen LogP contribution is -2.57. The molecule has 1 aromatic rings. The quantitative estimate of drug-likeness (QED) is 0.771. The molecule has 2 N–H and O–H groups in total. The van der Waals surface area contributed by atoms with Gasteiger partial charge in [-0.3, -0.25) is 9.59 Å². The normalized spacial score (nSPS) is 15.6. The second kappa shape index (κ2) is 8.63. The predicted molar refractivity (Wildman–Crippen MR) is 97.6 cm³/mol. The van der Waals surface area contributed by atoms with Gasteiger partial charge in [0.25, 0.3) is 0 Å². The topological polar surface area (TPSA) is 64.7 Å². The van der Waals surface area contributed by atoms with E-state index in [2.05, 4.69) is 10.6 Å². The van der Waals surface area contributed by atoms with E-state index in [9.17, 15) is 9.59 Å². The zero-order valence-corrected chi connectivity index (χ0v) is 14.9. The molecule has 7 heteroatoms. The molecule has 6 nitrogen and oxygen atoms in total. The van der Waals surface area contributed by atoms with E-state index in [4.69, 9.17) is 12.2 Å². The van der Waals surface area contributed by atoms with Gasteiger partial charge in [-0.1, -0.05) is 30.3 Å². The molecule has 1 aliphatic heterocycles. The Morgan fingerprint density at radius 1 is 1.12 bits per heavy atom. The zero-order valence-electron chi connectivity index (χ0n) is 14.1. The van der Waals surface area contributed by atoms with Gasteiger partial charge in [-0.05, 0) is 17.8 Å². The van der Waals surface area contributed by atoms with Crippen LogP contribution in [0.4, 0.5) is 0 Å². The summed E-state index contributed by atoms with van der Waals surface area (Å²) in [5.41, 5.74) is 1.03. The average molecular weight is 348 g/mol. The molecular formula is C17H24N4O2S. The Morgan fingerprint density at radius 2 is 1.71 bits per heavy atom. The Bertz CT molecular complexity index is 586. The van der Waals surface area contributed by atoms with E-state index in [1.54, 1.807) is 11.9 Å². The monoisotopic (exact) mass is 348 g/mol. The fraction of sp³-hybridized carbons (Fsp3) is 0.471. The van der Waals surface area contributed by atoms with Crippen molar-refractivity contribution in [2.75, 3.05) is 33.2 Å². The highest BCUT2D eigenvalue weighted by Crippen LogP contribution is 2.09. The first kappa shape index (κ1) is 18.2. The number of carbonyl (C=O) groups is 2. The average Bonchev–Trinajstić information content (AvgIpc) is 2.60. The number of piperazine rings is 1. The highest BCUT2D eigenvalue weighted by atomic mass is 32.1. The van der Waals surface area contributed by atoms with Crippen molar-refractivity contribution >= 4 is 29.1 Å². The number of amides is 2. The number of benzene rings is 1. The second-order valence-corrected chi connectivity index (χ2v) is 6.20. The number of hydrogen-bond acceptors (Lipinski definition) is 3. The fourth-order valence-corrected chi connectivity index (χ4v) is 2.99. The summed E-state index contributed by atoms with van der Waals surface area (Å²) in [5.74, 6) is -0.233. The first-order valence-electron chi connectivity index (χ1n) is 8.07. The van der Waals surface area contributed by atoms with Crippen molar-refractivity contribution in [1.82, 2.24) is 20.4 Å². The molecule has 0 aliphatic carbocycles. The molecule has 1 saturated heterocycles. The molecule has 0 unspecified atom stereocenters. The third kappa shape index (κ3) is 4.92. The van der Waals surface area contributed by atoms with E-state index in [0.717, 1.165) is 5.56 Å². The van der Waals surface area contributed by atoms with Crippen LogP contribution in [0.15, 0.2) is 30.3 Å². The lowest BCUT2D eigenvalue weighted by Gasteiger charge is -2.37. The highest BCUT2D eigenvalue weighted by Gasteiger charge is 2.28. The second-order valence-electron chi connectivity index (χ2n) is 5.81. The summed E-state index contributed by atoms with van der Waals surface area (Å²) in [4.78, 5) is 28.2. The lowest BCUT2D eigenvalue weighted by atomic mass is 10.0. The molecule has 1 aliphatic rings. The maximum Gasteiger partial charge on any atom is 0.245 e. The third-order valence-corrected chi connectivity index (χ3v) is 4.51. The van der Waals surface area contributed by atoms with Gasteiger partial charge >= 0.3 is 0 Å². The largest absolute Gasteiger partial charge is 0.366 e. The van der Waals surface area contributed by atoms with Crippen LogP contribution in [0.2, 0.25) is 0 Å². The molecule has 1 aromatic carbocycles. The fourth-order valence-electron chi connectivity index (χ4n) is 2.80. The van der Waals surface area contributed by atoms with Gasteiger partial charge in [-0.15, -0.1) is 0 Å². The van der Waals surface area contributed by atoms with Crippen LogP contribution in [0.25, 0.3) is 0 Å². The van der Waals surface area contributed by atoms with Gasteiger partial charge in [0, 0.05) is 46.6 Å². The highest BCUT2D eigenvalue weighted by molar-refractivity contribution is 7.80. The first-order chi connectivity index (χ1) is 11.5. The van der Waals surface area contributed by atoms with Crippen molar-refractivity contribution in [3.8, 4) is 0 Å². The van der Waals surface area contributed by atoms with Crippen molar-refractivity contribution in [3.05, 3.63) is 35.9 Å². The number of rotatable bonds is 4. The van der Waals surface area contributed by atoms with Gasteiger partial charge in [0.2, 0.25) is 11.8 Å². The smallest absolute Gasteiger partial charge is 0.245 e. The molecule has 130 valence electrons. The number of hydrogen-bond donors (Lipinski definition) is 2. The van der Waals surface area contributed by atoms with E-state index in [1.165, 1.54) is 6.92 Å². The number of thiocarbonyl (C=S) groups is 1. The van der Waals surface area contributed by atoms with Crippen molar-refractivity contribution in [2.45, 2.75) is 19.4 Å². The maximum absolute atomic E-state index is 12.8. The molecule has 2 amide bonds. The van der Waals surface area contributed by atoms with Crippen LogP contribution in [0.5, 0.6) is 0 Å². The number of nitrogens with zero attached hydrogens (tertiary/aromatic N) is 2. The van der Waals surface area contributed by atoms with Gasteiger partial charge in [-0.25, -0.2) is 0 Å². The predicted octanol–water partition coefficient (Wildman–Crippen LogP) is 0.382.